The molecule has 7 nitrogen and oxygen atoms in total. The van der Waals surface area contributed by atoms with Crippen molar-refractivity contribution in [2.45, 2.75) is 12.8 Å². The van der Waals surface area contributed by atoms with E-state index in [0.29, 0.717) is 0 Å². The van der Waals surface area contributed by atoms with Crippen LogP contribution in [0.15, 0.2) is 35.6 Å². The molecule has 8 heteroatoms. The first kappa shape index (κ1) is 19.3. The number of carboxylic acids is 2. The average molecular weight is 316 g/mol. The molecular formula is C13H20O7Si. The van der Waals surface area contributed by atoms with Crippen molar-refractivity contribution in [3.05, 3.63) is 35.6 Å². The van der Waals surface area contributed by atoms with Crippen LogP contribution in [0, 0.1) is 0 Å². The van der Waals surface area contributed by atoms with Crippen molar-refractivity contribution >= 4 is 20.7 Å². The van der Waals surface area contributed by atoms with E-state index in [1.165, 1.54) is 39.2 Å². The molecule has 0 aliphatic rings. The molecular weight excluding hydrogens is 296 g/mol. The second kappa shape index (κ2) is 9.24. The largest absolute Gasteiger partial charge is 0.528 e. The predicted molar refractivity (Wildman–Crippen MR) is 77.6 cm³/mol. The van der Waals surface area contributed by atoms with Crippen LogP contribution in [-0.2, 0) is 22.9 Å². The first-order valence-electron chi connectivity index (χ1n) is 6.00. The van der Waals surface area contributed by atoms with E-state index in [2.05, 4.69) is 6.58 Å². The molecule has 0 bridgehead atoms. The normalized spacial score (nSPS) is 13.1. The van der Waals surface area contributed by atoms with Gasteiger partial charge in [-0.1, -0.05) is 12.2 Å². The number of allylic oxidation sites excluding steroid dienone is 2. The summed E-state index contributed by atoms with van der Waals surface area (Å²) >= 11 is 0. The highest BCUT2D eigenvalue weighted by Crippen LogP contribution is 2.16. The van der Waals surface area contributed by atoms with Crippen LogP contribution >= 0.6 is 0 Å². The molecule has 2 N–H and O–H groups in total. The van der Waals surface area contributed by atoms with Gasteiger partial charge in [0.25, 0.3) is 0 Å². The van der Waals surface area contributed by atoms with Crippen LogP contribution in [0.5, 0.6) is 0 Å². The Bertz CT molecular complexity index is 441. The van der Waals surface area contributed by atoms with Gasteiger partial charge in [-0.3, -0.25) is 0 Å². The van der Waals surface area contributed by atoms with E-state index in [9.17, 15) is 9.59 Å². The van der Waals surface area contributed by atoms with E-state index >= 15 is 0 Å². The maximum atomic E-state index is 11.2. The van der Waals surface area contributed by atoms with E-state index < -0.39 is 20.7 Å². The highest BCUT2D eigenvalue weighted by molar-refractivity contribution is 6.66. The first-order chi connectivity index (χ1) is 9.87. The molecule has 0 aromatic rings. The van der Waals surface area contributed by atoms with Gasteiger partial charge in [-0.2, -0.15) is 0 Å². The van der Waals surface area contributed by atoms with Crippen LogP contribution in [0.2, 0.25) is 0 Å². The van der Waals surface area contributed by atoms with Gasteiger partial charge in [-0.05, 0) is 18.5 Å². The van der Waals surface area contributed by atoms with Crippen molar-refractivity contribution in [1.82, 2.24) is 0 Å². The number of rotatable bonds is 10. The van der Waals surface area contributed by atoms with Gasteiger partial charge in [0.05, 0.1) is 11.1 Å². The molecule has 0 saturated carbocycles. The lowest BCUT2D eigenvalue weighted by atomic mass is 10.0. The Hall–Kier alpha value is -1.74. The van der Waals surface area contributed by atoms with Gasteiger partial charge in [0.2, 0.25) is 0 Å². The van der Waals surface area contributed by atoms with Gasteiger partial charge in [0.15, 0.2) is 0 Å². The summed E-state index contributed by atoms with van der Waals surface area (Å²) in [6.45, 7) is 3.42. The fourth-order valence-corrected chi connectivity index (χ4v) is 2.91. The van der Waals surface area contributed by atoms with Crippen molar-refractivity contribution in [2.24, 2.45) is 0 Å². The Labute approximate surface area is 124 Å². The van der Waals surface area contributed by atoms with Crippen molar-refractivity contribution < 1.29 is 33.1 Å². The van der Waals surface area contributed by atoms with Crippen LogP contribution in [0.4, 0.5) is 0 Å². The number of carbonyl (C=O) groups is 2. The Morgan fingerprint density at radius 1 is 1.00 bits per heavy atom. The average Bonchev–Trinajstić information content (AvgIpc) is 2.46. The minimum absolute atomic E-state index is 0.0355. The predicted octanol–water partition coefficient (Wildman–Crippen LogP) is 1.39. The maximum Gasteiger partial charge on any atom is 0.528 e. The summed E-state index contributed by atoms with van der Waals surface area (Å²) in [7, 11) is 1.28. The second-order valence-electron chi connectivity index (χ2n) is 3.88. The summed E-state index contributed by atoms with van der Waals surface area (Å²) < 4.78 is 15.4. The van der Waals surface area contributed by atoms with Crippen LogP contribution in [0.1, 0.15) is 12.8 Å². The third-order valence-corrected chi connectivity index (χ3v) is 5.08. The number of carboxylic acid groups (broad SMARTS) is 2. The van der Waals surface area contributed by atoms with Crippen LogP contribution in [0.25, 0.3) is 0 Å². The van der Waals surface area contributed by atoms with Crippen molar-refractivity contribution in [1.29, 1.82) is 0 Å². The summed E-state index contributed by atoms with van der Waals surface area (Å²) in [5.41, 5.74) is 1.08. The Morgan fingerprint density at radius 3 is 1.76 bits per heavy atom. The minimum Gasteiger partial charge on any atom is -0.478 e. The highest BCUT2D eigenvalue weighted by Gasteiger charge is 2.34. The van der Waals surface area contributed by atoms with Crippen molar-refractivity contribution in [3.63, 3.8) is 0 Å². The third kappa shape index (κ3) is 5.64. The standard InChI is InChI=1S/C13H20O7Si/c1-5-7-10(12(14)15)11(13(16)17)8-6-9-21(18-2,19-3)20-4/h5-6,9H,1,7-8H2,2-4H3,(H,14,15)(H,16,17)/b9-6+,11-10-. The molecule has 0 spiro atoms. The summed E-state index contributed by atoms with van der Waals surface area (Å²) in [6, 6.07) is 0. The highest BCUT2D eigenvalue weighted by atomic mass is 28.4. The number of hydrogen-bond acceptors (Lipinski definition) is 5. The molecule has 118 valence electrons. The molecule has 0 amide bonds. The lowest BCUT2D eigenvalue weighted by molar-refractivity contribution is -0.136. The molecule has 0 aliphatic carbocycles. The SMILES string of the molecule is C=CC/C(C(=O)O)=C(\C/C=C/[Si](OC)(OC)OC)C(=O)O. The zero-order valence-electron chi connectivity index (χ0n) is 12.3. The maximum absolute atomic E-state index is 11.2. The van der Waals surface area contributed by atoms with E-state index in [4.69, 9.17) is 23.5 Å². The Kier molecular flexibility index (Phi) is 8.47. The van der Waals surface area contributed by atoms with Gasteiger partial charge >= 0.3 is 20.7 Å². The second-order valence-corrected chi connectivity index (χ2v) is 6.65. The van der Waals surface area contributed by atoms with Crippen LogP contribution in [-0.4, -0.2) is 52.3 Å². The van der Waals surface area contributed by atoms with Gasteiger partial charge < -0.3 is 23.5 Å². The molecule has 0 radical (unpaired) electrons. The van der Waals surface area contributed by atoms with Crippen LogP contribution in [0.3, 0.4) is 0 Å². The van der Waals surface area contributed by atoms with E-state index in [1.54, 1.807) is 0 Å². The van der Waals surface area contributed by atoms with Crippen molar-refractivity contribution in [3.8, 4) is 0 Å². The lowest BCUT2D eigenvalue weighted by Crippen LogP contribution is -2.40. The van der Waals surface area contributed by atoms with E-state index in [1.807, 2.05) is 0 Å². The Balaban J connectivity index is 5.37. The molecule has 0 heterocycles. The molecule has 0 fully saturated rings. The zero-order valence-corrected chi connectivity index (χ0v) is 13.3. The fraction of sp³-hybridized carbons (Fsp3) is 0.385. The molecule has 0 unspecified atom stereocenters. The molecule has 0 aromatic heterocycles. The van der Waals surface area contributed by atoms with Gasteiger partial charge in [-0.25, -0.2) is 9.59 Å². The Morgan fingerprint density at radius 2 is 1.43 bits per heavy atom. The van der Waals surface area contributed by atoms with Gasteiger partial charge in [-0.15, -0.1) is 6.58 Å². The first-order valence-corrected chi connectivity index (χ1v) is 7.80. The van der Waals surface area contributed by atoms with Crippen LogP contribution < -0.4 is 0 Å². The lowest BCUT2D eigenvalue weighted by Gasteiger charge is -2.20. The smallest absolute Gasteiger partial charge is 0.478 e. The fourth-order valence-electron chi connectivity index (χ4n) is 1.60. The molecule has 0 saturated heterocycles. The number of hydrogen-bond donors (Lipinski definition) is 2. The molecule has 0 aliphatic heterocycles. The third-order valence-electron chi connectivity index (χ3n) is 2.73. The molecule has 0 aromatic carbocycles. The zero-order chi connectivity index (χ0) is 16.5. The summed E-state index contributed by atoms with van der Waals surface area (Å²) in [6.07, 6.45) is 2.69. The number of aliphatic carboxylic acids is 2. The topological polar surface area (TPSA) is 102 Å². The minimum atomic E-state index is -2.96. The quantitative estimate of drug-likeness (QED) is 0.357. The van der Waals surface area contributed by atoms with E-state index in [0.717, 1.165) is 0 Å². The van der Waals surface area contributed by atoms with E-state index in [-0.39, 0.29) is 24.0 Å². The van der Waals surface area contributed by atoms with Crippen molar-refractivity contribution in [2.75, 3.05) is 21.3 Å². The molecule has 0 rings (SSSR count). The monoisotopic (exact) mass is 316 g/mol. The molecule has 0 atom stereocenters. The summed E-state index contributed by atoms with van der Waals surface area (Å²) in [5.74, 6) is -2.58. The van der Waals surface area contributed by atoms with Gasteiger partial charge in [0.1, 0.15) is 0 Å². The van der Waals surface area contributed by atoms with Gasteiger partial charge in [0, 0.05) is 21.3 Å². The summed E-state index contributed by atoms with van der Waals surface area (Å²) in [5, 5.41) is 18.2. The summed E-state index contributed by atoms with van der Waals surface area (Å²) in [4.78, 5) is 22.3. The molecule has 21 heavy (non-hydrogen) atoms.